The second-order valence-corrected chi connectivity index (χ2v) is 23.0. The van der Waals surface area contributed by atoms with Gasteiger partial charge in [0.15, 0.2) is 18.3 Å². The topological polar surface area (TPSA) is 222 Å². The molecule has 0 bridgehead atoms. The minimum Gasteiger partial charge on any atom is -0.450 e. The Kier molecular flexibility index (Phi) is 23.3. The van der Waals surface area contributed by atoms with Gasteiger partial charge in [0.2, 0.25) is 0 Å². The molecule has 1 unspecified atom stereocenters. The summed E-state index contributed by atoms with van der Waals surface area (Å²) in [6.45, 7) is 18.1. The number of ether oxygens (including phenoxy) is 4. The molecule has 20 nitrogen and oxygen atoms in total. The van der Waals surface area contributed by atoms with Gasteiger partial charge in [-0.15, -0.1) is 0 Å². The number of hydrogen-bond donors (Lipinski definition) is 0. The highest BCUT2D eigenvalue weighted by atomic mass is 16.6. The van der Waals surface area contributed by atoms with E-state index in [0.717, 1.165) is 20.9 Å². The Morgan fingerprint density at radius 2 is 1.01 bits per heavy atom. The zero-order chi connectivity index (χ0) is 59.9. The molecule has 0 saturated carbocycles. The van der Waals surface area contributed by atoms with Gasteiger partial charge >= 0.3 is 17.9 Å². The van der Waals surface area contributed by atoms with Crippen LogP contribution < -0.4 is 0 Å². The summed E-state index contributed by atoms with van der Waals surface area (Å²) in [4.78, 5) is 130. The Hall–Kier alpha value is -7.48. The molecule has 0 aliphatic carbocycles. The van der Waals surface area contributed by atoms with Crippen LogP contribution in [0.15, 0.2) is 97.7 Å². The van der Waals surface area contributed by atoms with Crippen molar-refractivity contribution in [1.29, 1.82) is 0 Å². The lowest BCUT2D eigenvalue weighted by Gasteiger charge is -2.41. The third kappa shape index (κ3) is 17.8. The van der Waals surface area contributed by atoms with E-state index in [1.807, 2.05) is 99.5 Å². The van der Waals surface area contributed by atoms with Crippen LogP contribution in [0, 0.1) is 23.7 Å². The van der Waals surface area contributed by atoms with E-state index < -0.39 is 90.2 Å². The number of allylic oxidation sites excluding steroid dienone is 1. The van der Waals surface area contributed by atoms with Gasteiger partial charge in [-0.2, -0.15) is 0 Å². The smallest absolute Gasteiger partial charge is 0.355 e. The molecule has 1 saturated heterocycles. The molecule has 440 valence electrons. The maximum atomic E-state index is 15.2. The van der Waals surface area contributed by atoms with Crippen LogP contribution >= 0.6 is 0 Å². The van der Waals surface area contributed by atoms with E-state index in [1.165, 1.54) is 57.9 Å². The first-order valence-electron chi connectivity index (χ1n) is 27.8. The van der Waals surface area contributed by atoms with Gasteiger partial charge in [-0.05, 0) is 79.0 Å². The Morgan fingerprint density at radius 1 is 0.580 bits per heavy atom. The maximum Gasteiger partial charge on any atom is 0.355 e. The maximum absolute atomic E-state index is 15.2. The number of likely N-dealkylation sites (N-methyl/N-ethyl adjacent to an activating group) is 4. The number of aromatic nitrogens is 4. The fourth-order valence-corrected chi connectivity index (χ4v) is 9.74. The van der Waals surface area contributed by atoms with Gasteiger partial charge in [-0.3, -0.25) is 19.2 Å². The van der Waals surface area contributed by atoms with E-state index in [4.69, 9.17) is 18.9 Å². The highest BCUT2D eigenvalue weighted by molar-refractivity contribution is 5.98. The molecule has 2 aromatic carbocycles. The lowest BCUT2D eigenvalue weighted by molar-refractivity contribution is -0.173. The number of cyclic esters (lactones) is 3. The standard InChI is InChI=1S/C61H84N8O12/c1-39(2)27-49-58(75)79-44(10)55(72)65(12)51(29-41(5)6)60(77)81-53(31-46-17-21-48(22-18-46)34-69-26-24-63-38-69)57(74)67(14)61(35-70,32-42(7)8)36-78-43(9)54(71)64(11)50(28-40(3)4)59(76)80-52(56(73)66(49)13)30-45-15-19-47(20-16-45)33-68-25-23-62-37-68/h15-27,35,37-44,50-53H,28-34,36H2,1-14H3/b49-27+/t43-,44-,50+,51+,52-,53-,61?/m1/s1. The van der Waals surface area contributed by atoms with Gasteiger partial charge < -0.3 is 52.5 Å². The van der Waals surface area contributed by atoms with Gasteiger partial charge in [0.1, 0.15) is 35.7 Å². The van der Waals surface area contributed by atoms with Crippen molar-refractivity contribution in [3.05, 3.63) is 120 Å². The first-order valence-corrected chi connectivity index (χ1v) is 27.8. The van der Waals surface area contributed by atoms with Crippen molar-refractivity contribution < 1.29 is 57.3 Å². The van der Waals surface area contributed by atoms with Crippen LogP contribution in [0.4, 0.5) is 0 Å². The van der Waals surface area contributed by atoms with E-state index in [1.54, 1.807) is 51.0 Å². The van der Waals surface area contributed by atoms with Crippen molar-refractivity contribution in [2.45, 2.75) is 156 Å². The molecule has 2 aromatic heterocycles. The van der Waals surface area contributed by atoms with E-state index in [-0.39, 0.29) is 61.5 Å². The molecule has 81 heavy (non-hydrogen) atoms. The Bertz CT molecular complexity index is 2780. The van der Waals surface area contributed by atoms with Crippen molar-refractivity contribution in [3.63, 3.8) is 0 Å². The first kappa shape index (κ1) is 64.3. The van der Waals surface area contributed by atoms with Crippen LogP contribution in [-0.4, -0.2) is 163 Å². The predicted octanol–water partition coefficient (Wildman–Crippen LogP) is 6.32. The van der Waals surface area contributed by atoms with Crippen molar-refractivity contribution in [3.8, 4) is 0 Å². The number of benzene rings is 2. The molecule has 3 heterocycles. The lowest BCUT2D eigenvalue weighted by Crippen LogP contribution is -2.59. The molecule has 20 heteroatoms. The Balaban J connectivity index is 1.61. The summed E-state index contributed by atoms with van der Waals surface area (Å²) in [5.41, 5.74) is 1.13. The summed E-state index contributed by atoms with van der Waals surface area (Å²) in [5, 5.41) is 0. The van der Waals surface area contributed by atoms with Gasteiger partial charge in [0.05, 0.1) is 19.3 Å². The number of esters is 3. The van der Waals surface area contributed by atoms with Gasteiger partial charge in [0, 0.05) is 78.9 Å². The number of nitrogens with zero attached hydrogens (tertiary/aromatic N) is 8. The summed E-state index contributed by atoms with van der Waals surface area (Å²) < 4.78 is 28.4. The Morgan fingerprint density at radius 3 is 1.41 bits per heavy atom. The lowest BCUT2D eigenvalue weighted by atomic mass is 9.88. The second kappa shape index (κ2) is 29.3. The second-order valence-electron chi connectivity index (χ2n) is 23.0. The molecular formula is C61H84N8O12. The predicted molar refractivity (Wildman–Crippen MR) is 302 cm³/mol. The highest BCUT2D eigenvalue weighted by Gasteiger charge is 2.45. The fraction of sp³-hybridized carbons (Fsp3) is 0.541. The third-order valence-corrected chi connectivity index (χ3v) is 14.3. The van der Waals surface area contributed by atoms with E-state index in [9.17, 15) is 33.6 Å². The van der Waals surface area contributed by atoms with E-state index in [2.05, 4.69) is 9.97 Å². The van der Waals surface area contributed by atoms with Crippen LogP contribution in [0.25, 0.3) is 0 Å². The van der Waals surface area contributed by atoms with E-state index in [0.29, 0.717) is 30.5 Å². The normalized spacial score (nSPS) is 23.6. The zero-order valence-electron chi connectivity index (χ0n) is 49.6. The van der Waals surface area contributed by atoms with Crippen LogP contribution in [0.1, 0.15) is 111 Å². The van der Waals surface area contributed by atoms with Crippen molar-refractivity contribution in [2.75, 3.05) is 34.8 Å². The van der Waals surface area contributed by atoms with Gasteiger partial charge in [-0.1, -0.05) is 110 Å². The molecule has 4 amide bonds. The number of rotatable bonds is 16. The zero-order valence-corrected chi connectivity index (χ0v) is 49.6. The molecule has 0 spiro atoms. The minimum absolute atomic E-state index is 0.0660. The van der Waals surface area contributed by atoms with E-state index >= 15 is 4.79 Å². The molecule has 1 fully saturated rings. The molecule has 7 atom stereocenters. The number of carbonyl (C=O) groups excluding carboxylic acids is 8. The largest absolute Gasteiger partial charge is 0.450 e. The number of hydrogen-bond acceptors (Lipinski definition) is 14. The van der Waals surface area contributed by atoms with Crippen LogP contribution in [0.3, 0.4) is 0 Å². The monoisotopic (exact) mass is 1120 g/mol. The fourth-order valence-electron chi connectivity index (χ4n) is 9.74. The molecule has 0 radical (unpaired) electrons. The molecule has 5 rings (SSSR count). The summed E-state index contributed by atoms with van der Waals surface area (Å²) in [6, 6.07) is 12.2. The number of amides is 4. The Labute approximate surface area is 477 Å². The van der Waals surface area contributed by atoms with Crippen LogP contribution in [-0.2, 0) is 83.2 Å². The average molecular weight is 1120 g/mol. The minimum atomic E-state index is -1.72. The number of aldehydes is 1. The summed E-state index contributed by atoms with van der Waals surface area (Å²) in [7, 11) is 5.56. The van der Waals surface area contributed by atoms with Crippen LogP contribution in [0.2, 0.25) is 0 Å². The SMILES string of the molecule is CC(C)/C=C1\C(=O)O[C@H](C)C(=O)N(C)[C@@H](CC(C)C)C(=O)O[C@H](Cc2ccc(Cn3ccnc3)cc2)C(=O)N(C)C(C=O)(CC(C)C)CO[C@H](C)C(=O)N(C)[C@@H](CC(C)C)C(=O)O[C@H](Cc2ccc(Cn3ccnc3)cc2)C(=O)N1C. The van der Waals surface area contributed by atoms with Crippen molar-refractivity contribution in [1.82, 2.24) is 38.7 Å². The van der Waals surface area contributed by atoms with Gasteiger partial charge in [0.25, 0.3) is 23.6 Å². The molecular weight excluding hydrogens is 1040 g/mol. The molecule has 0 N–H and O–H groups in total. The molecule has 1 aliphatic rings. The molecule has 4 aromatic rings. The van der Waals surface area contributed by atoms with Gasteiger partial charge in [-0.25, -0.2) is 24.4 Å². The average Bonchev–Trinajstić information content (AvgIpc) is 4.16. The quantitative estimate of drug-likeness (QED) is 0.0519. The summed E-state index contributed by atoms with van der Waals surface area (Å²) in [6.07, 6.45) is 6.53. The van der Waals surface area contributed by atoms with Crippen molar-refractivity contribution >= 4 is 47.8 Å². The third-order valence-electron chi connectivity index (χ3n) is 14.3. The number of imidazole rings is 2. The summed E-state index contributed by atoms with van der Waals surface area (Å²) >= 11 is 0. The first-order chi connectivity index (χ1) is 38.2. The van der Waals surface area contributed by atoms with Crippen molar-refractivity contribution in [2.24, 2.45) is 23.7 Å². The summed E-state index contributed by atoms with van der Waals surface area (Å²) in [5.74, 6) is -6.79. The van der Waals surface area contributed by atoms with Crippen LogP contribution in [0.5, 0.6) is 0 Å². The molecule has 1 aliphatic heterocycles. The number of carbonyl (C=O) groups is 8. The highest BCUT2D eigenvalue weighted by Crippen LogP contribution is 2.28.